The quantitative estimate of drug-likeness (QED) is 0.735. The second-order valence-corrected chi connectivity index (χ2v) is 8.18. The lowest BCUT2D eigenvalue weighted by Crippen LogP contribution is -2.40. The Morgan fingerprint density at radius 2 is 2.04 bits per heavy atom. The molecule has 28 heavy (non-hydrogen) atoms. The summed E-state index contributed by atoms with van der Waals surface area (Å²) in [6, 6.07) is 9.58. The molecule has 1 N–H and O–H groups in total. The van der Waals surface area contributed by atoms with Crippen LogP contribution < -0.4 is 10.9 Å². The molecule has 2 amide bonds. The van der Waals surface area contributed by atoms with Gasteiger partial charge < -0.3 is 10.2 Å². The molecule has 0 bridgehead atoms. The van der Waals surface area contributed by atoms with Crippen molar-refractivity contribution in [2.45, 2.75) is 45.7 Å². The SMILES string of the molecule is Cc1nc2sc([C@H]3CCCN3C(=O)N[C@H](C)c3ccccc3)nn2c(=O)c1C. The van der Waals surface area contributed by atoms with Crippen LogP contribution in [0.4, 0.5) is 4.79 Å². The number of nitrogens with zero attached hydrogens (tertiary/aromatic N) is 4. The zero-order chi connectivity index (χ0) is 19.8. The number of aryl methyl sites for hydroxylation is 1. The standard InChI is InChI=1S/C20H23N5O2S/c1-12-13(2)22-20-25(18(12)26)23-17(28-20)16-10-7-11-24(16)19(27)21-14(3)15-8-5-4-6-9-15/h4-6,8-9,14,16H,7,10-11H2,1-3H3,(H,21,27)/t14-,16-/m1/s1. The van der Waals surface area contributed by atoms with Crippen LogP contribution in [-0.2, 0) is 0 Å². The third-order valence-corrected chi connectivity index (χ3v) is 6.34. The van der Waals surface area contributed by atoms with Crippen molar-refractivity contribution >= 4 is 22.3 Å². The summed E-state index contributed by atoms with van der Waals surface area (Å²) in [4.78, 5) is 32.3. The van der Waals surface area contributed by atoms with Gasteiger partial charge >= 0.3 is 6.03 Å². The lowest BCUT2D eigenvalue weighted by molar-refractivity contribution is 0.189. The maximum atomic E-state index is 12.9. The van der Waals surface area contributed by atoms with Crippen LogP contribution in [-0.4, -0.2) is 32.1 Å². The first-order valence-corrected chi connectivity index (χ1v) is 10.3. The number of rotatable bonds is 3. The molecule has 1 aromatic carbocycles. The largest absolute Gasteiger partial charge is 0.331 e. The second-order valence-electron chi connectivity index (χ2n) is 7.20. The van der Waals surface area contributed by atoms with Gasteiger partial charge in [-0.25, -0.2) is 9.78 Å². The topological polar surface area (TPSA) is 79.6 Å². The number of nitrogens with one attached hydrogen (secondary N) is 1. The number of carbonyl (C=O) groups is 1. The lowest BCUT2D eigenvalue weighted by Gasteiger charge is -2.25. The Labute approximate surface area is 167 Å². The maximum Gasteiger partial charge on any atom is 0.318 e. The first-order valence-electron chi connectivity index (χ1n) is 9.44. The maximum absolute atomic E-state index is 12.9. The van der Waals surface area contributed by atoms with E-state index < -0.39 is 0 Å². The number of amides is 2. The van der Waals surface area contributed by atoms with Crippen LogP contribution in [0.1, 0.15) is 53.7 Å². The molecule has 0 spiro atoms. The molecule has 1 fully saturated rings. The van der Waals surface area contributed by atoms with E-state index in [9.17, 15) is 9.59 Å². The van der Waals surface area contributed by atoms with Crippen molar-refractivity contribution in [3.63, 3.8) is 0 Å². The number of urea groups is 1. The molecule has 0 unspecified atom stereocenters. The van der Waals surface area contributed by atoms with Gasteiger partial charge in [0.05, 0.1) is 12.1 Å². The van der Waals surface area contributed by atoms with Crippen LogP contribution in [0.15, 0.2) is 35.1 Å². The highest BCUT2D eigenvalue weighted by Gasteiger charge is 2.33. The average Bonchev–Trinajstić information content (AvgIpc) is 3.33. The summed E-state index contributed by atoms with van der Waals surface area (Å²) in [5.74, 6) is 0. The van der Waals surface area contributed by atoms with Crippen LogP contribution in [0, 0.1) is 13.8 Å². The van der Waals surface area contributed by atoms with Gasteiger partial charge in [0, 0.05) is 17.8 Å². The minimum atomic E-state index is -0.142. The minimum Gasteiger partial charge on any atom is -0.331 e. The molecule has 0 radical (unpaired) electrons. The monoisotopic (exact) mass is 397 g/mol. The van der Waals surface area contributed by atoms with E-state index in [1.165, 1.54) is 15.9 Å². The fraction of sp³-hybridized carbons (Fsp3) is 0.400. The zero-order valence-corrected chi connectivity index (χ0v) is 17.0. The van der Waals surface area contributed by atoms with E-state index in [0.29, 0.717) is 17.1 Å². The fourth-order valence-corrected chi connectivity index (χ4v) is 4.62. The zero-order valence-electron chi connectivity index (χ0n) is 16.2. The van der Waals surface area contributed by atoms with Crippen molar-refractivity contribution in [1.29, 1.82) is 0 Å². The van der Waals surface area contributed by atoms with Gasteiger partial charge in [0.15, 0.2) is 0 Å². The van der Waals surface area contributed by atoms with Crippen molar-refractivity contribution in [3.05, 3.63) is 62.5 Å². The molecular formula is C20H23N5O2S. The molecule has 0 aliphatic carbocycles. The molecule has 1 aliphatic heterocycles. The van der Waals surface area contributed by atoms with Crippen molar-refractivity contribution in [2.24, 2.45) is 0 Å². The number of fused-ring (bicyclic) bond motifs is 1. The van der Waals surface area contributed by atoms with E-state index in [1.54, 1.807) is 6.92 Å². The summed E-state index contributed by atoms with van der Waals surface area (Å²) in [7, 11) is 0. The molecule has 4 rings (SSSR count). The molecule has 1 saturated heterocycles. The van der Waals surface area contributed by atoms with Gasteiger partial charge in [-0.1, -0.05) is 41.7 Å². The van der Waals surface area contributed by atoms with Crippen LogP contribution in [0.2, 0.25) is 0 Å². The van der Waals surface area contributed by atoms with Gasteiger partial charge in [-0.3, -0.25) is 4.79 Å². The third-order valence-electron chi connectivity index (χ3n) is 5.33. The third kappa shape index (κ3) is 3.28. The highest BCUT2D eigenvalue weighted by Crippen LogP contribution is 2.34. The highest BCUT2D eigenvalue weighted by molar-refractivity contribution is 7.16. The molecule has 7 nitrogen and oxygen atoms in total. The molecule has 146 valence electrons. The summed E-state index contributed by atoms with van der Waals surface area (Å²) < 4.78 is 1.36. The minimum absolute atomic E-state index is 0.0834. The van der Waals surface area contributed by atoms with E-state index in [1.807, 2.05) is 49.1 Å². The summed E-state index contributed by atoms with van der Waals surface area (Å²) >= 11 is 1.39. The Hall–Kier alpha value is -2.74. The van der Waals surface area contributed by atoms with Crippen LogP contribution in [0.25, 0.3) is 4.96 Å². The van der Waals surface area contributed by atoms with E-state index >= 15 is 0 Å². The number of likely N-dealkylation sites (tertiary alicyclic amines) is 1. The van der Waals surface area contributed by atoms with Gasteiger partial charge in [0.2, 0.25) is 4.96 Å². The second kappa shape index (κ2) is 7.35. The average molecular weight is 398 g/mol. The normalized spacial score (nSPS) is 17.8. The Bertz CT molecular complexity index is 1080. The van der Waals surface area contributed by atoms with Crippen molar-refractivity contribution in [3.8, 4) is 0 Å². The van der Waals surface area contributed by atoms with E-state index in [0.717, 1.165) is 29.1 Å². The summed E-state index contributed by atoms with van der Waals surface area (Å²) in [5.41, 5.74) is 2.25. The lowest BCUT2D eigenvalue weighted by atomic mass is 10.1. The number of hydrogen-bond acceptors (Lipinski definition) is 5. The van der Waals surface area contributed by atoms with Gasteiger partial charge in [0.1, 0.15) is 5.01 Å². The van der Waals surface area contributed by atoms with E-state index in [2.05, 4.69) is 15.4 Å². The fourth-order valence-electron chi connectivity index (χ4n) is 3.54. The number of benzene rings is 1. The Balaban J connectivity index is 1.58. The van der Waals surface area contributed by atoms with Crippen LogP contribution in [0.5, 0.6) is 0 Å². The Morgan fingerprint density at radius 1 is 1.29 bits per heavy atom. The van der Waals surface area contributed by atoms with Crippen LogP contribution >= 0.6 is 11.3 Å². The first-order chi connectivity index (χ1) is 13.5. The molecule has 1 aliphatic rings. The molecule has 2 atom stereocenters. The van der Waals surface area contributed by atoms with Gasteiger partial charge in [-0.15, -0.1) is 0 Å². The molecule has 0 saturated carbocycles. The summed E-state index contributed by atoms with van der Waals surface area (Å²) in [5, 5.41) is 8.34. The van der Waals surface area contributed by atoms with E-state index in [4.69, 9.17) is 0 Å². The van der Waals surface area contributed by atoms with Gasteiger partial charge in [0.25, 0.3) is 5.56 Å². The first kappa shape index (κ1) is 18.6. The number of carbonyl (C=O) groups excluding carboxylic acids is 1. The van der Waals surface area contributed by atoms with Gasteiger partial charge in [-0.05, 0) is 39.2 Å². The van der Waals surface area contributed by atoms with Crippen molar-refractivity contribution in [2.75, 3.05) is 6.54 Å². The molecular weight excluding hydrogens is 374 g/mol. The van der Waals surface area contributed by atoms with Crippen molar-refractivity contribution < 1.29 is 4.79 Å². The van der Waals surface area contributed by atoms with Gasteiger partial charge in [-0.2, -0.15) is 9.61 Å². The summed E-state index contributed by atoms with van der Waals surface area (Å²) in [6.45, 7) is 6.24. The molecule has 8 heteroatoms. The van der Waals surface area contributed by atoms with Crippen LogP contribution in [0.3, 0.4) is 0 Å². The highest BCUT2D eigenvalue weighted by atomic mass is 32.1. The molecule has 2 aromatic heterocycles. The summed E-state index contributed by atoms with van der Waals surface area (Å²) in [6.07, 6.45) is 1.74. The Kier molecular flexibility index (Phi) is 4.89. The predicted octanol–water partition coefficient (Wildman–Crippen LogP) is 3.38. The Morgan fingerprint density at radius 3 is 2.79 bits per heavy atom. The predicted molar refractivity (Wildman–Crippen MR) is 109 cm³/mol. The van der Waals surface area contributed by atoms with E-state index in [-0.39, 0.29) is 23.7 Å². The smallest absolute Gasteiger partial charge is 0.318 e. The van der Waals surface area contributed by atoms with Crippen molar-refractivity contribution in [1.82, 2.24) is 24.8 Å². The molecule has 3 aromatic rings. The number of hydrogen-bond donors (Lipinski definition) is 1. The number of aromatic nitrogens is 3. The molecule has 3 heterocycles.